The summed E-state index contributed by atoms with van der Waals surface area (Å²) < 4.78 is 4.91. The molecule has 2 aliphatic rings. The van der Waals surface area contributed by atoms with Crippen molar-refractivity contribution >= 4 is 23.0 Å². The predicted molar refractivity (Wildman–Crippen MR) is 68.4 cm³/mol. The van der Waals surface area contributed by atoms with Crippen molar-refractivity contribution in [1.82, 2.24) is 10.7 Å². The van der Waals surface area contributed by atoms with Crippen molar-refractivity contribution in [2.24, 2.45) is 16.9 Å². The third-order valence-electron chi connectivity index (χ3n) is 3.06. The van der Waals surface area contributed by atoms with Gasteiger partial charge in [0.25, 0.3) is 0 Å². The van der Waals surface area contributed by atoms with Gasteiger partial charge >= 0.3 is 0 Å². The van der Waals surface area contributed by atoms with Crippen LogP contribution in [-0.4, -0.2) is 31.1 Å². The van der Waals surface area contributed by atoms with Gasteiger partial charge in [0.1, 0.15) is 0 Å². The molecule has 1 saturated carbocycles. The molecule has 0 unspecified atom stereocenters. The Bertz CT molecular complexity index is 327. The third kappa shape index (κ3) is 2.59. The molecule has 4 nitrogen and oxygen atoms in total. The van der Waals surface area contributed by atoms with Gasteiger partial charge in [-0.2, -0.15) is 5.10 Å². The summed E-state index contributed by atoms with van der Waals surface area (Å²) in [5, 5.41) is 7.92. The fourth-order valence-corrected chi connectivity index (χ4v) is 2.24. The first-order chi connectivity index (χ1) is 7.81. The monoisotopic (exact) mass is 239 g/mol. The van der Waals surface area contributed by atoms with Crippen molar-refractivity contribution in [3.05, 3.63) is 12.2 Å². The lowest BCUT2D eigenvalue weighted by Gasteiger charge is -2.31. The minimum absolute atomic E-state index is 0.568. The van der Waals surface area contributed by atoms with E-state index >= 15 is 0 Å². The van der Waals surface area contributed by atoms with Crippen LogP contribution in [0.5, 0.6) is 0 Å². The lowest BCUT2D eigenvalue weighted by atomic mass is 9.74. The second-order valence-corrected chi connectivity index (χ2v) is 4.51. The Hall–Kier alpha value is -0.940. The van der Waals surface area contributed by atoms with Gasteiger partial charge < -0.3 is 10.1 Å². The number of allylic oxidation sites excluding steroid dienone is 2. The van der Waals surface area contributed by atoms with Crippen molar-refractivity contribution in [2.75, 3.05) is 20.3 Å². The molecule has 2 N–H and O–H groups in total. The minimum atomic E-state index is 0.568. The van der Waals surface area contributed by atoms with E-state index in [0.29, 0.717) is 24.2 Å². The summed E-state index contributed by atoms with van der Waals surface area (Å²) in [6.45, 7) is 1.35. The van der Waals surface area contributed by atoms with Crippen molar-refractivity contribution in [3.63, 3.8) is 0 Å². The van der Waals surface area contributed by atoms with Gasteiger partial charge in [-0.05, 0) is 31.0 Å². The maximum absolute atomic E-state index is 5.08. The van der Waals surface area contributed by atoms with Gasteiger partial charge in [-0.3, -0.25) is 5.43 Å². The largest absolute Gasteiger partial charge is 0.383 e. The van der Waals surface area contributed by atoms with E-state index < -0.39 is 0 Å². The first-order valence-electron chi connectivity index (χ1n) is 5.57. The molecule has 88 valence electrons. The van der Waals surface area contributed by atoms with Crippen LogP contribution < -0.4 is 10.7 Å². The van der Waals surface area contributed by atoms with E-state index in [1.165, 1.54) is 5.71 Å². The molecule has 0 heterocycles. The molecule has 16 heavy (non-hydrogen) atoms. The summed E-state index contributed by atoms with van der Waals surface area (Å²) in [4.78, 5) is 0. The van der Waals surface area contributed by atoms with Crippen LogP contribution in [0.2, 0.25) is 0 Å². The summed E-state index contributed by atoms with van der Waals surface area (Å²) >= 11 is 5.08. The Labute approximate surface area is 101 Å². The number of fused-ring (bicyclic) bond motifs is 1. The van der Waals surface area contributed by atoms with Gasteiger partial charge in [-0.25, -0.2) is 0 Å². The summed E-state index contributed by atoms with van der Waals surface area (Å²) in [7, 11) is 1.67. The number of nitrogens with zero attached hydrogens (tertiary/aromatic N) is 1. The molecule has 0 aromatic carbocycles. The number of thiocarbonyl (C=S) groups is 1. The van der Waals surface area contributed by atoms with E-state index in [2.05, 4.69) is 28.0 Å². The zero-order valence-corrected chi connectivity index (χ0v) is 10.2. The van der Waals surface area contributed by atoms with E-state index in [4.69, 9.17) is 17.0 Å². The van der Waals surface area contributed by atoms with Crippen molar-refractivity contribution in [2.45, 2.75) is 12.8 Å². The smallest absolute Gasteiger partial charge is 0.187 e. The van der Waals surface area contributed by atoms with Crippen LogP contribution in [0.25, 0.3) is 0 Å². The summed E-state index contributed by atoms with van der Waals surface area (Å²) in [6, 6.07) is 0. The highest BCUT2D eigenvalue weighted by Gasteiger charge is 2.37. The molecular formula is C11H17N3OS. The standard InChI is InChI=1S/C11H17N3OS/c1-15-6-5-12-11(16)14-13-10-7-8-3-2-4-9(8)10/h2-3,8-9H,4-7H2,1H3,(H2,12,14,16)/b13-10-/t8-,9-/m1/s1. The fraction of sp³-hybridized carbons (Fsp3) is 0.636. The van der Waals surface area contributed by atoms with E-state index in [0.717, 1.165) is 18.8 Å². The van der Waals surface area contributed by atoms with E-state index in [-0.39, 0.29) is 0 Å². The molecule has 0 spiro atoms. The molecule has 2 aliphatic carbocycles. The Morgan fingerprint density at radius 3 is 3.31 bits per heavy atom. The molecule has 0 bridgehead atoms. The van der Waals surface area contributed by atoms with E-state index in [1.807, 2.05) is 0 Å². The van der Waals surface area contributed by atoms with Crippen LogP contribution in [-0.2, 0) is 4.74 Å². The number of rotatable bonds is 4. The Morgan fingerprint density at radius 1 is 1.69 bits per heavy atom. The van der Waals surface area contributed by atoms with E-state index in [1.54, 1.807) is 7.11 Å². The van der Waals surface area contributed by atoms with Crippen molar-refractivity contribution in [3.8, 4) is 0 Å². The third-order valence-corrected chi connectivity index (χ3v) is 3.29. The summed E-state index contributed by atoms with van der Waals surface area (Å²) in [5.41, 5.74) is 4.12. The highest BCUT2D eigenvalue weighted by molar-refractivity contribution is 7.80. The molecule has 2 rings (SSSR count). The van der Waals surface area contributed by atoms with Crippen LogP contribution in [0.1, 0.15) is 12.8 Å². The van der Waals surface area contributed by atoms with Gasteiger partial charge in [0.15, 0.2) is 5.11 Å². The second kappa shape index (κ2) is 5.41. The lowest BCUT2D eigenvalue weighted by Crippen LogP contribution is -2.39. The average molecular weight is 239 g/mol. The SMILES string of the molecule is COCCNC(=S)N/N=C1/C[C@H]2C=CC[C@@H]12. The van der Waals surface area contributed by atoms with Gasteiger partial charge in [0.2, 0.25) is 0 Å². The zero-order chi connectivity index (χ0) is 11.4. The Balaban J connectivity index is 1.67. The van der Waals surface area contributed by atoms with Gasteiger partial charge in [0.05, 0.1) is 6.61 Å². The van der Waals surface area contributed by atoms with Crippen LogP contribution >= 0.6 is 12.2 Å². The predicted octanol–water partition coefficient (Wildman–Crippen LogP) is 1.05. The molecule has 0 aromatic rings. The Kier molecular flexibility index (Phi) is 3.90. The number of hydrogen-bond donors (Lipinski definition) is 2. The molecule has 0 saturated heterocycles. The number of nitrogens with one attached hydrogen (secondary N) is 2. The molecule has 2 atom stereocenters. The number of hydrazone groups is 1. The fourth-order valence-electron chi connectivity index (χ4n) is 2.09. The lowest BCUT2D eigenvalue weighted by molar-refractivity contribution is 0.204. The van der Waals surface area contributed by atoms with Crippen LogP contribution in [0.4, 0.5) is 0 Å². The summed E-state index contributed by atoms with van der Waals surface area (Å²) in [5.74, 6) is 1.37. The van der Waals surface area contributed by atoms with Gasteiger partial charge in [-0.1, -0.05) is 12.2 Å². The van der Waals surface area contributed by atoms with Crippen LogP contribution in [0, 0.1) is 11.8 Å². The Morgan fingerprint density at radius 2 is 2.56 bits per heavy atom. The molecular weight excluding hydrogens is 222 g/mol. The maximum Gasteiger partial charge on any atom is 0.187 e. The average Bonchev–Trinajstić information content (AvgIpc) is 2.61. The molecule has 0 aromatic heterocycles. The van der Waals surface area contributed by atoms with Crippen LogP contribution in [0.15, 0.2) is 17.3 Å². The quantitative estimate of drug-likeness (QED) is 0.333. The first-order valence-corrected chi connectivity index (χ1v) is 5.98. The van der Waals surface area contributed by atoms with E-state index in [9.17, 15) is 0 Å². The number of hydrogen-bond acceptors (Lipinski definition) is 3. The van der Waals surface area contributed by atoms with Gasteiger partial charge in [0, 0.05) is 25.3 Å². The number of methoxy groups -OCH3 is 1. The first kappa shape index (κ1) is 11.5. The second-order valence-electron chi connectivity index (χ2n) is 4.10. The molecule has 0 aliphatic heterocycles. The summed E-state index contributed by atoms with van der Waals surface area (Å²) in [6.07, 6.45) is 6.75. The highest BCUT2D eigenvalue weighted by Crippen LogP contribution is 2.39. The molecule has 0 radical (unpaired) electrons. The minimum Gasteiger partial charge on any atom is -0.383 e. The van der Waals surface area contributed by atoms with Gasteiger partial charge in [-0.15, -0.1) is 0 Å². The number of ether oxygens (including phenoxy) is 1. The molecule has 5 heteroatoms. The van der Waals surface area contributed by atoms with Crippen LogP contribution in [0.3, 0.4) is 0 Å². The highest BCUT2D eigenvalue weighted by atomic mass is 32.1. The zero-order valence-electron chi connectivity index (χ0n) is 9.40. The topological polar surface area (TPSA) is 45.6 Å². The molecule has 1 fully saturated rings. The van der Waals surface area contributed by atoms with Crippen molar-refractivity contribution in [1.29, 1.82) is 0 Å². The normalized spacial score (nSPS) is 28.7. The van der Waals surface area contributed by atoms with Crippen molar-refractivity contribution < 1.29 is 4.74 Å². The molecule has 0 amide bonds. The maximum atomic E-state index is 5.08.